The number of imide groups is 1. The highest BCUT2D eigenvalue weighted by atomic mass is 16.2. The highest BCUT2D eigenvalue weighted by Crippen LogP contribution is 2.25. The Kier molecular flexibility index (Phi) is 4.68. The minimum Gasteiger partial charge on any atom is -0.348 e. The monoisotopic (exact) mass is 364 g/mol. The second-order valence-electron chi connectivity index (χ2n) is 6.83. The first-order valence-electron chi connectivity index (χ1n) is 9.04. The van der Waals surface area contributed by atoms with Crippen molar-refractivity contribution in [1.82, 2.24) is 20.5 Å². The molecular weight excluding hydrogens is 344 g/mol. The highest BCUT2D eigenvalue weighted by Gasteiger charge is 2.36. The van der Waals surface area contributed by atoms with E-state index in [1.807, 2.05) is 0 Å². The van der Waals surface area contributed by atoms with Gasteiger partial charge in [-0.2, -0.15) is 0 Å². The number of piperidine rings is 1. The average Bonchev–Trinajstić information content (AvgIpc) is 2.94. The Morgan fingerprint density at radius 1 is 1.15 bits per heavy atom. The predicted octanol–water partition coefficient (Wildman–Crippen LogP) is 1.36. The van der Waals surface area contributed by atoms with Crippen LogP contribution in [0.4, 0.5) is 0 Å². The maximum atomic E-state index is 12.7. The minimum absolute atomic E-state index is 0.0834. The summed E-state index contributed by atoms with van der Waals surface area (Å²) in [4.78, 5) is 43.0. The van der Waals surface area contributed by atoms with E-state index in [-0.39, 0.29) is 35.9 Å². The molecule has 0 saturated carbocycles. The normalized spacial score (nSPS) is 19.1. The van der Waals surface area contributed by atoms with Gasteiger partial charge in [-0.3, -0.25) is 24.3 Å². The number of rotatable bonds is 4. The molecule has 0 spiro atoms. The van der Waals surface area contributed by atoms with Crippen molar-refractivity contribution in [1.29, 1.82) is 0 Å². The number of pyridine rings is 1. The summed E-state index contributed by atoms with van der Waals surface area (Å²) in [6.45, 7) is 1.90. The Bertz CT molecular complexity index is 891. The van der Waals surface area contributed by atoms with Gasteiger partial charge in [0, 0.05) is 30.5 Å². The number of hydrogen-bond acceptors (Lipinski definition) is 5. The average molecular weight is 364 g/mol. The second-order valence-corrected chi connectivity index (χ2v) is 6.83. The molecule has 3 heterocycles. The number of nitrogens with one attached hydrogen (secondary N) is 2. The van der Waals surface area contributed by atoms with Crippen molar-refractivity contribution in [2.24, 2.45) is 0 Å². The molecule has 4 rings (SSSR count). The fourth-order valence-corrected chi connectivity index (χ4v) is 3.49. The summed E-state index contributed by atoms with van der Waals surface area (Å²) in [5, 5.41) is 6.24. The number of amides is 3. The van der Waals surface area contributed by atoms with Crippen LogP contribution >= 0.6 is 0 Å². The van der Waals surface area contributed by atoms with Crippen molar-refractivity contribution in [3.63, 3.8) is 0 Å². The summed E-state index contributed by atoms with van der Waals surface area (Å²) in [6, 6.07) is 8.30. The maximum absolute atomic E-state index is 12.7. The third-order valence-corrected chi connectivity index (χ3v) is 4.96. The summed E-state index contributed by atoms with van der Waals surface area (Å²) < 4.78 is 0. The molecule has 2 aliphatic rings. The molecule has 0 aliphatic carbocycles. The lowest BCUT2D eigenvalue weighted by molar-refractivity contribution is 0.0642. The third kappa shape index (κ3) is 3.46. The molecule has 138 valence electrons. The molecule has 2 N–H and O–H groups in total. The van der Waals surface area contributed by atoms with Crippen molar-refractivity contribution in [2.45, 2.75) is 25.4 Å². The second kappa shape index (κ2) is 7.28. The van der Waals surface area contributed by atoms with Gasteiger partial charge in [0.2, 0.25) is 0 Å². The first-order chi connectivity index (χ1) is 13.1. The van der Waals surface area contributed by atoms with Crippen LogP contribution in [-0.4, -0.2) is 46.7 Å². The quantitative estimate of drug-likeness (QED) is 0.800. The molecule has 7 nitrogen and oxygen atoms in total. The van der Waals surface area contributed by atoms with Crippen LogP contribution in [-0.2, 0) is 6.54 Å². The molecule has 3 amide bonds. The Labute approximate surface area is 156 Å². The van der Waals surface area contributed by atoms with E-state index in [0.29, 0.717) is 11.1 Å². The lowest BCUT2D eigenvalue weighted by Gasteiger charge is -2.23. The van der Waals surface area contributed by atoms with E-state index in [2.05, 4.69) is 15.6 Å². The van der Waals surface area contributed by atoms with E-state index < -0.39 is 0 Å². The lowest BCUT2D eigenvalue weighted by atomic mass is 10.0. The van der Waals surface area contributed by atoms with Crippen LogP contribution in [0, 0.1) is 0 Å². The smallest absolute Gasteiger partial charge is 0.261 e. The maximum Gasteiger partial charge on any atom is 0.261 e. The number of benzene rings is 1. The number of carbonyl (C=O) groups excluding carboxylic acids is 3. The van der Waals surface area contributed by atoms with Gasteiger partial charge >= 0.3 is 0 Å². The van der Waals surface area contributed by atoms with E-state index in [4.69, 9.17) is 0 Å². The van der Waals surface area contributed by atoms with Gasteiger partial charge in [0.05, 0.1) is 17.7 Å². The Morgan fingerprint density at radius 3 is 2.67 bits per heavy atom. The molecule has 1 fully saturated rings. The molecule has 2 aromatic rings. The third-order valence-electron chi connectivity index (χ3n) is 4.96. The van der Waals surface area contributed by atoms with Crippen LogP contribution in [0.15, 0.2) is 42.7 Å². The van der Waals surface area contributed by atoms with E-state index in [1.54, 1.807) is 36.7 Å². The first kappa shape index (κ1) is 17.4. The SMILES string of the molecule is O=C(N[C@@H]1CCCNC1)c1ccc2c(c1)C(=O)N(Cc1ccncc1)C2=O. The number of nitrogens with zero attached hydrogens (tertiary/aromatic N) is 2. The summed E-state index contributed by atoms with van der Waals surface area (Å²) >= 11 is 0. The van der Waals surface area contributed by atoms with Crippen LogP contribution in [0.3, 0.4) is 0 Å². The fraction of sp³-hybridized carbons (Fsp3) is 0.300. The fourth-order valence-electron chi connectivity index (χ4n) is 3.49. The van der Waals surface area contributed by atoms with E-state index in [1.165, 1.54) is 11.0 Å². The van der Waals surface area contributed by atoms with Gasteiger partial charge in [0.25, 0.3) is 17.7 Å². The zero-order valence-electron chi connectivity index (χ0n) is 14.8. The standard InChI is InChI=1S/C20H20N4O3/c25-18(23-15-2-1-7-22-11-15)14-3-4-16-17(10-14)20(27)24(19(16)26)12-13-5-8-21-9-6-13/h3-6,8-10,15,22H,1-2,7,11-12H2,(H,23,25)/t15-/m1/s1. The van der Waals surface area contributed by atoms with Crippen LogP contribution in [0.2, 0.25) is 0 Å². The highest BCUT2D eigenvalue weighted by molar-refractivity contribution is 6.22. The van der Waals surface area contributed by atoms with Crippen molar-refractivity contribution >= 4 is 17.7 Å². The number of fused-ring (bicyclic) bond motifs is 1. The molecule has 1 atom stereocenters. The van der Waals surface area contributed by atoms with Gasteiger partial charge in [0.15, 0.2) is 0 Å². The Balaban J connectivity index is 1.52. The van der Waals surface area contributed by atoms with Crippen molar-refractivity contribution < 1.29 is 14.4 Å². The Hall–Kier alpha value is -3.06. The molecule has 2 aliphatic heterocycles. The van der Waals surface area contributed by atoms with Gasteiger partial charge in [-0.1, -0.05) is 0 Å². The van der Waals surface area contributed by atoms with Crippen molar-refractivity contribution in [2.75, 3.05) is 13.1 Å². The zero-order chi connectivity index (χ0) is 18.8. The van der Waals surface area contributed by atoms with Crippen LogP contribution < -0.4 is 10.6 Å². The van der Waals surface area contributed by atoms with Crippen molar-refractivity contribution in [3.8, 4) is 0 Å². The summed E-state index contributed by atoms with van der Waals surface area (Å²) in [7, 11) is 0. The van der Waals surface area contributed by atoms with E-state index >= 15 is 0 Å². The topological polar surface area (TPSA) is 91.4 Å². The van der Waals surface area contributed by atoms with Crippen LogP contribution in [0.5, 0.6) is 0 Å². The Morgan fingerprint density at radius 2 is 1.93 bits per heavy atom. The van der Waals surface area contributed by atoms with E-state index in [0.717, 1.165) is 31.5 Å². The van der Waals surface area contributed by atoms with Gasteiger partial charge in [0.1, 0.15) is 0 Å². The van der Waals surface area contributed by atoms with Gasteiger partial charge in [-0.15, -0.1) is 0 Å². The largest absolute Gasteiger partial charge is 0.348 e. The summed E-state index contributed by atoms with van der Waals surface area (Å²) in [5.41, 5.74) is 1.84. The number of aromatic nitrogens is 1. The van der Waals surface area contributed by atoms with Crippen LogP contribution in [0.25, 0.3) is 0 Å². The molecule has 7 heteroatoms. The predicted molar refractivity (Wildman–Crippen MR) is 98.2 cm³/mol. The summed E-state index contributed by atoms with van der Waals surface area (Å²) in [6.07, 6.45) is 5.19. The molecule has 27 heavy (non-hydrogen) atoms. The summed E-state index contributed by atoms with van der Waals surface area (Å²) in [5.74, 6) is -0.935. The number of carbonyl (C=O) groups is 3. The minimum atomic E-state index is -0.374. The molecule has 0 bridgehead atoms. The first-order valence-corrected chi connectivity index (χ1v) is 9.04. The molecule has 1 aromatic heterocycles. The van der Waals surface area contributed by atoms with Gasteiger partial charge < -0.3 is 10.6 Å². The van der Waals surface area contributed by atoms with Gasteiger partial charge in [-0.25, -0.2) is 0 Å². The lowest BCUT2D eigenvalue weighted by Crippen LogP contribution is -2.45. The van der Waals surface area contributed by atoms with Gasteiger partial charge in [-0.05, 0) is 55.3 Å². The molecule has 0 radical (unpaired) electrons. The van der Waals surface area contributed by atoms with E-state index in [9.17, 15) is 14.4 Å². The van der Waals surface area contributed by atoms with Crippen LogP contribution in [0.1, 0.15) is 49.5 Å². The molecular formula is C20H20N4O3. The van der Waals surface area contributed by atoms with Crippen molar-refractivity contribution in [3.05, 3.63) is 65.0 Å². The number of hydrogen-bond donors (Lipinski definition) is 2. The zero-order valence-corrected chi connectivity index (χ0v) is 14.8. The molecule has 1 aromatic carbocycles. The molecule has 0 unspecified atom stereocenters. The molecule has 1 saturated heterocycles.